The number of carbonyl (C=O) groups is 1. The van der Waals surface area contributed by atoms with E-state index >= 15 is 0 Å². The Morgan fingerprint density at radius 3 is 2.71 bits per heavy atom. The third kappa shape index (κ3) is 4.28. The molecule has 144 valence electrons. The number of benzene rings is 1. The van der Waals surface area contributed by atoms with Gasteiger partial charge in [-0.15, -0.1) is 0 Å². The van der Waals surface area contributed by atoms with Crippen molar-refractivity contribution < 1.29 is 9.21 Å². The molecule has 1 aromatic carbocycles. The Kier molecular flexibility index (Phi) is 5.48. The molecule has 7 heteroatoms. The Hall–Kier alpha value is -2.99. The van der Waals surface area contributed by atoms with Gasteiger partial charge in [-0.3, -0.25) is 4.79 Å². The fourth-order valence-electron chi connectivity index (χ4n) is 3.27. The van der Waals surface area contributed by atoms with Crippen LogP contribution in [0.15, 0.2) is 65.4 Å². The van der Waals surface area contributed by atoms with E-state index in [-0.39, 0.29) is 5.91 Å². The third-order valence-electron chi connectivity index (χ3n) is 4.77. The van der Waals surface area contributed by atoms with E-state index in [1.165, 1.54) is 0 Å². The molecule has 3 aromatic rings. The van der Waals surface area contributed by atoms with Gasteiger partial charge in [-0.25, -0.2) is 4.98 Å². The smallest absolute Gasteiger partial charge is 0.254 e. The fraction of sp³-hybridized carbons (Fsp3) is 0.238. The van der Waals surface area contributed by atoms with Crippen LogP contribution < -0.4 is 10.2 Å². The van der Waals surface area contributed by atoms with Gasteiger partial charge in [-0.05, 0) is 42.5 Å². The van der Waals surface area contributed by atoms with Crippen LogP contribution in [0, 0.1) is 0 Å². The summed E-state index contributed by atoms with van der Waals surface area (Å²) in [5.41, 5.74) is 1.72. The van der Waals surface area contributed by atoms with E-state index in [0.717, 1.165) is 29.6 Å². The molecule has 28 heavy (non-hydrogen) atoms. The molecular formula is C21H21ClN4O2. The van der Waals surface area contributed by atoms with Gasteiger partial charge in [0.15, 0.2) is 0 Å². The number of aromatic nitrogens is 1. The van der Waals surface area contributed by atoms with Gasteiger partial charge >= 0.3 is 0 Å². The molecule has 0 saturated carbocycles. The number of hydrogen-bond acceptors (Lipinski definition) is 5. The van der Waals surface area contributed by atoms with E-state index in [0.29, 0.717) is 31.0 Å². The zero-order valence-corrected chi connectivity index (χ0v) is 16.1. The molecule has 0 spiro atoms. The fourth-order valence-corrected chi connectivity index (χ4v) is 3.46. The Bertz CT molecular complexity index is 937. The highest BCUT2D eigenvalue weighted by molar-refractivity contribution is 6.30. The van der Waals surface area contributed by atoms with Crippen LogP contribution in [0.25, 0.3) is 0 Å². The van der Waals surface area contributed by atoms with Gasteiger partial charge in [-0.2, -0.15) is 0 Å². The Morgan fingerprint density at radius 2 is 1.96 bits per heavy atom. The molecule has 0 unspecified atom stereocenters. The van der Waals surface area contributed by atoms with Crippen LogP contribution in [-0.2, 0) is 6.54 Å². The topological polar surface area (TPSA) is 61.6 Å². The quantitative estimate of drug-likeness (QED) is 0.708. The molecule has 1 aliphatic heterocycles. The zero-order valence-electron chi connectivity index (χ0n) is 15.3. The number of carbonyl (C=O) groups excluding carboxylic acids is 1. The summed E-state index contributed by atoms with van der Waals surface area (Å²) >= 11 is 6.09. The lowest BCUT2D eigenvalue weighted by Crippen LogP contribution is -2.48. The van der Waals surface area contributed by atoms with Crippen LogP contribution >= 0.6 is 11.6 Å². The highest BCUT2D eigenvalue weighted by Crippen LogP contribution is 2.21. The van der Waals surface area contributed by atoms with Crippen LogP contribution in [0.5, 0.6) is 0 Å². The van der Waals surface area contributed by atoms with Crippen molar-refractivity contribution in [1.29, 1.82) is 0 Å². The van der Waals surface area contributed by atoms with Crippen LogP contribution in [0.1, 0.15) is 16.1 Å². The Balaban J connectivity index is 1.36. The van der Waals surface area contributed by atoms with E-state index in [2.05, 4.69) is 15.2 Å². The third-order valence-corrected chi connectivity index (χ3v) is 5.01. The average Bonchev–Trinajstić information content (AvgIpc) is 3.26. The zero-order chi connectivity index (χ0) is 19.3. The average molecular weight is 397 g/mol. The first-order chi connectivity index (χ1) is 13.7. The van der Waals surface area contributed by atoms with Gasteiger partial charge in [0.2, 0.25) is 0 Å². The summed E-state index contributed by atoms with van der Waals surface area (Å²) in [5.74, 6) is 1.49. The van der Waals surface area contributed by atoms with Crippen LogP contribution in [0.2, 0.25) is 5.02 Å². The number of anilines is 2. The minimum Gasteiger partial charge on any atom is -0.467 e. The molecule has 2 aromatic heterocycles. The summed E-state index contributed by atoms with van der Waals surface area (Å²) in [6, 6.07) is 15.1. The maximum atomic E-state index is 12.9. The van der Waals surface area contributed by atoms with Crippen molar-refractivity contribution in [3.63, 3.8) is 0 Å². The Morgan fingerprint density at radius 1 is 1.11 bits per heavy atom. The number of rotatable bonds is 5. The van der Waals surface area contributed by atoms with Crippen molar-refractivity contribution >= 4 is 29.0 Å². The van der Waals surface area contributed by atoms with Crippen molar-refractivity contribution in [2.24, 2.45) is 0 Å². The summed E-state index contributed by atoms with van der Waals surface area (Å²) in [5, 5.41) is 3.91. The van der Waals surface area contributed by atoms with Crippen molar-refractivity contribution in [1.82, 2.24) is 9.88 Å². The van der Waals surface area contributed by atoms with Crippen LogP contribution in [0.3, 0.4) is 0 Å². The van der Waals surface area contributed by atoms with Gasteiger partial charge in [0.05, 0.1) is 12.8 Å². The van der Waals surface area contributed by atoms with Crippen molar-refractivity contribution in [2.45, 2.75) is 6.54 Å². The molecular weight excluding hydrogens is 376 g/mol. The van der Waals surface area contributed by atoms with E-state index in [4.69, 9.17) is 16.0 Å². The van der Waals surface area contributed by atoms with Crippen LogP contribution in [-0.4, -0.2) is 42.0 Å². The second kappa shape index (κ2) is 8.35. The normalized spacial score (nSPS) is 14.2. The number of hydrogen-bond donors (Lipinski definition) is 1. The number of amides is 1. The maximum Gasteiger partial charge on any atom is 0.254 e. The molecule has 1 N–H and O–H groups in total. The minimum atomic E-state index is 0.0224. The highest BCUT2D eigenvalue weighted by atomic mass is 35.5. The monoisotopic (exact) mass is 396 g/mol. The first-order valence-electron chi connectivity index (χ1n) is 9.21. The van der Waals surface area contributed by atoms with E-state index < -0.39 is 0 Å². The summed E-state index contributed by atoms with van der Waals surface area (Å²) < 4.78 is 5.30. The molecule has 3 heterocycles. The number of halogens is 1. The molecule has 0 bridgehead atoms. The largest absolute Gasteiger partial charge is 0.467 e. The first-order valence-corrected chi connectivity index (χ1v) is 9.59. The molecule has 1 fully saturated rings. The molecule has 6 nitrogen and oxygen atoms in total. The van der Waals surface area contributed by atoms with Gasteiger partial charge < -0.3 is 19.5 Å². The highest BCUT2D eigenvalue weighted by Gasteiger charge is 2.22. The predicted octanol–water partition coefficient (Wildman–Crippen LogP) is 3.90. The number of piperazine rings is 1. The lowest BCUT2D eigenvalue weighted by molar-refractivity contribution is 0.0746. The van der Waals surface area contributed by atoms with E-state index in [1.807, 2.05) is 41.3 Å². The molecule has 1 aliphatic rings. The molecule has 0 radical (unpaired) electrons. The molecule has 0 atom stereocenters. The molecule has 1 saturated heterocycles. The van der Waals surface area contributed by atoms with Crippen LogP contribution in [0.4, 0.5) is 11.5 Å². The lowest BCUT2D eigenvalue weighted by atomic mass is 10.2. The minimum absolute atomic E-state index is 0.0224. The van der Waals surface area contributed by atoms with Crippen molar-refractivity contribution in [3.8, 4) is 0 Å². The van der Waals surface area contributed by atoms with E-state index in [1.54, 1.807) is 24.6 Å². The maximum absolute atomic E-state index is 12.9. The summed E-state index contributed by atoms with van der Waals surface area (Å²) in [7, 11) is 0. The van der Waals surface area contributed by atoms with Gasteiger partial charge in [0.1, 0.15) is 11.6 Å². The number of nitrogens with zero attached hydrogens (tertiary/aromatic N) is 3. The Labute approximate surface area is 168 Å². The molecule has 4 rings (SSSR count). The number of furan rings is 1. The molecule has 1 amide bonds. The standard InChI is InChI=1S/C21H21ClN4O2/c22-17-3-1-4-18(14-17)25-8-10-26(11-9-25)21(27)16-6-7-23-20(13-16)24-15-19-5-2-12-28-19/h1-7,12-14H,8-11,15H2,(H,23,24). The second-order valence-corrected chi connectivity index (χ2v) is 7.06. The summed E-state index contributed by atoms with van der Waals surface area (Å²) in [4.78, 5) is 21.3. The van der Waals surface area contributed by atoms with Gasteiger partial charge in [0.25, 0.3) is 5.91 Å². The number of nitrogens with one attached hydrogen (secondary N) is 1. The number of pyridine rings is 1. The lowest BCUT2D eigenvalue weighted by Gasteiger charge is -2.36. The van der Waals surface area contributed by atoms with Crippen molar-refractivity contribution in [2.75, 3.05) is 36.4 Å². The molecule has 0 aliphatic carbocycles. The second-order valence-electron chi connectivity index (χ2n) is 6.62. The SMILES string of the molecule is O=C(c1ccnc(NCc2ccco2)c1)N1CCN(c2cccc(Cl)c2)CC1. The predicted molar refractivity (Wildman–Crippen MR) is 110 cm³/mol. The van der Waals surface area contributed by atoms with Crippen molar-refractivity contribution in [3.05, 3.63) is 77.3 Å². The summed E-state index contributed by atoms with van der Waals surface area (Å²) in [6.45, 7) is 3.42. The summed E-state index contributed by atoms with van der Waals surface area (Å²) in [6.07, 6.45) is 3.29. The first kappa shape index (κ1) is 18.4. The van der Waals surface area contributed by atoms with Gasteiger partial charge in [0, 0.05) is 48.6 Å². The van der Waals surface area contributed by atoms with E-state index in [9.17, 15) is 4.79 Å². The van der Waals surface area contributed by atoms with Gasteiger partial charge in [-0.1, -0.05) is 17.7 Å².